The number of halogens is 1. The molecule has 0 bridgehead atoms. The minimum absolute atomic E-state index is 0.142. The molecule has 0 spiro atoms. The summed E-state index contributed by atoms with van der Waals surface area (Å²) in [5.41, 5.74) is 1.09. The second kappa shape index (κ2) is 8.05. The molecule has 3 aliphatic rings. The highest BCUT2D eigenvalue weighted by Gasteiger charge is 2.56. The number of imidazole rings is 1. The summed E-state index contributed by atoms with van der Waals surface area (Å²) in [6.07, 6.45) is 2.92. The van der Waals surface area contributed by atoms with Gasteiger partial charge in [-0.3, -0.25) is 4.57 Å². The van der Waals surface area contributed by atoms with Gasteiger partial charge in [-0.2, -0.15) is 4.39 Å². The molecule has 0 amide bonds. The Bertz CT molecular complexity index is 1410. The van der Waals surface area contributed by atoms with Crippen molar-refractivity contribution in [3.8, 4) is 0 Å². The van der Waals surface area contributed by atoms with Gasteiger partial charge in [-0.15, -0.1) is 0 Å². The summed E-state index contributed by atoms with van der Waals surface area (Å²) in [4.78, 5) is 13.0. The minimum Gasteiger partial charge on any atom is -0.365 e. The van der Waals surface area contributed by atoms with Crippen LogP contribution in [0.25, 0.3) is 11.2 Å². The van der Waals surface area contributed by atoms with Crippen LogP contribution in [-0.4, -0.2) is 58.1 Å². The molecule has 4 heterocycles. The Labute approximate surface area is 201 Å². The van der Waals surface area contributed by atoms with Gasteiger partial charge < -0.3 is 19.5 Å². The monoisotopic (exact) mass is 501 g/mol. The Morgan fingerprint density at radius 1 is 1.14 bits per heavy atom. The van der Waals surface area contributed by atoms with Gasteiger partial charge in [-0.05, 0) is 44.9 Å². The molecular weight excluding hydrogens is 477 g/mol. The topological polar surface area (TPSA) is 117 Å². The maximum atomic E-state index is 15.1. The van der Waals surface area contributed by atoms with Crippen LogP contribution in [0.5, 0.6) is 0 Å². The van der Waals surface area contributed by atoms with Crippen molar-refractivity contribution in [2.24, 2.45) is 0 Å². The number of sulfone groups is 1. The maximum Gasteiger partial charge on any atom is 0.233 e. The summed E-state index contributed by atoms with van der Waals surface area (Å²) < 4.78 is 60.5. The molecule has 2 aliphatic heterocycles. The lowest BCUT2D eigenvalue weighted by molar-refractivity contribution is -0.191. The first-order valence-electron chi connectivity index (χ1n) is 11.4. The highest BCUT2D eigenvalue weighted by atomic mass is 32.2. The van der Waals surface area contributed by atoms with Gasteiger partial charge >= 0.3 is 0 Å². The van der Waals surface area contributed by atoms with Crippen LogP contribution in [-0.2, 0) is 24.0 Å². The first-order chi connectivity index (χ1) is 16.7. The number of fused-ring (bicyclic) bond motifs is 2. The number of benzene rings is 1. The zero-order chi connectivity index (χ0) is 24.4. The van der Waals surface area contributed by atoms with Crippen molar-refractivity contribution >= 4 is 26.8 Å². The average molecular weight is 502 g/mol. The fraction of sp³-hybridized carbons (Fsp3) is 0.435. The molecule has 6 rings (SSSR count). The normalized spacial score (nSPS) is 28.4. The first kappa shape index (κ1) is 22.5. The summed E-state index contributed by atoms with van der Waals surface area (Å²) >= 11 is 0. The Morgan fingerprint density at radius 3 is 2.63 bits per heavy atom. The van der Waals surface area contributed by atoms with E-state index in [-0.39, 0.29) is 4.90 Å². The summed E-state index contributed by atoms with van der Waals surface area (Å²) in [7, 11) is -4.33. The molecule has 1 aliphatic carbocycles. The van der Waals surface area contributed by atoms with E-state index in [4.69, 9.17) is 14.2 Å². The van der Waals surface area contributed by atoms with Crippen LogP contribution in [0.3, 0.4) is 0 Å². The standard InChI is InChI=1S/C23H24FN5O5S/c1-23(2)33-18-15(10-16(24)35(30,31)14-6-4-3-5-7-14)32-22(19(18)34-23)29-12-27-17-20(28-13-8-9-13)25-11-26-21(17)29/h3-7,10-13,15,18-19,22H,8-9H2,1-2H3,(H,25,26,28)/b16-10+/t15-,18-,19-,22-/m1/s1. The number of hydrogen-bond donors (Lipinski definition) is 1. The third-order valence-corrected chi connectivity index (χ3v) is 7.76. The van der Waals surface area contributed by atoms with E-state index >= 15 is 4.39 Å². The van der Waals surface area contributed by atoms with Gasteiger partial charge in [0.05, 0.1) is 11.2 Å². The van der Waals surface area contributed by atoms with E-state index in [1.165, 1.54) is 30.6 Å². The van der Waals surface area contributed by atoms with Gasteiger partial charge in [-0.1, -0.05) is 18.2 Å². The van der Waals surface area contributed by atoms with Crippen molar-refractivity contribution in [1.82, 2.24) is 19.5 Å². The molecule has 0 unspecified atom stereocenters. The van der Waals surface area contributed by atoms with E-state index in [9.17, 15) is 8.42 Å². The van der Waals surface area contributed by atoms with Crippen LogP contribution in [0, 0.1) is 0 Å². The van der Waals surface area contributed by atoms with Crippen molar-refractivity contribution in [3.05, 3.63) is 54.2 Å². The predicted octanol–water partition coefficient (Wildman–Crippen LogP) is 3.10. The Hall–Kier alpha value is -2.93. The van der Waals surface area contributed by atoms with Crippen molar-refractivity contribution in [1.29, 1.82) is 0 Å². The van der Waals surface area contributed by atoms with Gasteiger partial charge in [0, 0.05) is 6.04 Å². The van der Waals surface area contributed by atoms with Crippen molar-refractivity contribution < 1.29 is 27.0 Å². The Balaban J connectivity index is 1.35. The first-order valence-corrected chi connectivity index (χ1v) is 12.8. The molecule has 10 nitrogen and oxygen atoms in total. The number of anilines is 1. The number of nitrogens with zero attached hydrogens (tertiary/aromatic N) is 4. The molecule has 1 saturated carbocycles. The van der Waals surface area contributed by atoms with Crippen molar-refractivity contribution in [2.45, 2.75) is 68.0 Å². The van der Waals surface area contributed by atoms with Crippen LogP contribution in [0.15, 0.2) is 59.1 Å². The summed E-state index contributed by atoms with van der Waals surface area (Å²) in [6.45, 7) is 3.48. The fourth-order valence-electron chi connectivity index (χ4n) is 4.46. The molecule has 3 aromatic rings. The van der Waals surface area contributed by atoms with E-state index in [1.54, 1.807) is 30.8 Å². The SMILES string of the molecule is CC1(C)O[C@@H]2[C@H](O1)[C@@H](/C=C(\F)S(=O)(=O)c1ccccc1)O[C@H]2n1cnc2c(NC3CC3)ncnc21. The third-order valence-electron chi connectivity index (χ3n) is 6.22. The third kappa shape index (κ3) is 3.99. The molecule has 1 N–H and O–H groups in total. The number of hydrogen-bond acceptors (Lipinski definition) is 9. The van der Waals surface area contributed by atoms with Crippen molar-refractivity contribution in [2.75, 3.05) is 5.32 Å². The highest BCUT2D eigenvalue weighted by Crippen LogP contribution is 2.45. The smallest absolute Gasteiger partial charge is 0.233 e. The molecule has 35 heavy (non-hydrogen) atoms. The zero-order valence-corrected chi connectivity index (χ0v) is 19.9. The highest BCUT2D eigenvalue weighted by molar-refractivity contribution is 7.95. The second-order valence-corrected chi connectivity index (χ2v) is 11.2. The number of rotatable bonds is 6. The lowest BCUT2D eigenvalue weighted by Crippen LogP contribution is -2.28. The summed E-state index contributed by atoms with van der Waals surface area (Å²) in [6, 6.07) is 7.79. The van der Waals surface area contributed by atoms with Gasteiger partial charge in [0.15, 0.2) is 29.0 Å². The molecule has 4 atom stereocenters. The lowest BCUT2D eigenvalue weighted by Gasteiger charge is -2.24. The van der Waals surface area contributed by atoms with E-state index in [1.807, 2.05) is 0 Å². The number of ether oxygens (including phenoxy) is 3. The molecule has 1 aromatic carbocycles. The lowest BCUT2D eigenvalue weighted by atomic mass is 10.1. The largest absolute Gasteiger partial charge is 0.365 e. The van der Waals surface area contributed by atoms with Crippen LogP contribution < -0.4 is 5.32 Å². The van der Waals surface area contributed by atoms with E-state index in [2.05, 4.69) is 20.3 Å². The maximum absolute atomic E-state index is 15.1. The predicted molar refractivity (Wildman–Crippen MR) is 123 cm³/mol. The van der Waals surface area contributed by atoms with E-state index in [0.717, 1.165) is 18.9 Å². The number of aromatic nitrogens is 4. The van der Waals surface area contributed by atoms with Gasteiger partial charge in [0.1, 0.15) is 24.6 Å². The molecule has 2 saturated heterocycles. The van der Waals surface area contributed by atoms with Gasteiger partial charge in [-0.25, -0.2) is 23.4 Å². The van der Waals surface area contributed by atoms with Crippen LogP contribution >= 0.6 is 0 Å². The summed E-state index contributed by atoms with van der Waals surface area (Å²) in [5, 5.41) is 2.03. The van der Waals surface area contributed by atoms with Gasteiger partial charge in [0.25, 0.3) is 0 Å². The Kier molecular flexibility index (Phi) is 5.18. The molecule has 0 radical (unpaired) electrons. The van der Waals surface area contributed by atoms with Crippen LogP contribution in [0.4, 0.5) is 10.2 Å². The average Bonchev–Trinajstić information content (AvgIpc) is 3.32. The summed E-state index contributed by atoms with van der Waals surface area (Å²) in [5.74, 6) is -0.339. The van der Waals surface area contributed by atoms with E-state index < -0.39 is 45.3 Å². The fourth-order valence-corrected chi connectivity index (χ4v) is 5.52. The molecule has 3 fully saturated rings. The molecule has 2 aromatic heterocycles. The second-order valence-electron chi connectivity index (χ2n) is 9.31. The van der Waals surface area contributed by atoms with Crippen molar-refractivity contribution in [3.63, 3.8) is 0 Å². The van der Waals surface area contributed by atoms with Gasteiger partial charge in [0.2, 0.25) is 15.0 Å². The Morgan fingerprint density at radius 2 is 1.89 bits per heavy atom. The quantitative estimate of drug-likeness (QED) is 0.544. The zero-order valence-electron chi connectivity index (χ0n) is 19.0. The van der Waals surface area contributed by atoms with Crippen LogP contribution in [0.1, 0.15) is 32.9 Å². The molecule has 184 valence electrons. The molecule has 12 heteroatoms. The minimum atomic E-state index is -4.33. The number of nitrogens with one attached hydrogen (secondary N) is 1. The van der Waals surface area contributed by atoms with E-state index in [0.29, 0.717) is 23.0 Å². The van der Waals surface area contributed by atoms with Crippen LogP contribution in [0.2, 0.25) is 0 Å². The molecular formula is C23H24FN5O5S.